The summed E-state index contributed by atoms with van der Waals surface area (Å²) in [5.74, 6) is 0. The Bertz CT molecular complexity index is 1000. The number of benzene rings is 3. The minimum Gasteiger partial charge on any atom is -0.272 e. The van der Waals surface area contributed by atoms with E-state index in [1.54, 1.807) is 0 Å². The fourth-order valence-electron chi connectivity index (χ4n) is 3.49. The fraction of sp³-hybridized carbons (Fsp3) is 0.100. The Morgan fingerprint density at radius 3 is 1.41 bits per heavy atom. The van der Waals surface area contributed by atoms with Crippen molar-refractivity contribution in [2.24, 2.45) is 9.98 Å². The van der Waals surface area contributed by atoms with Crippen LogP contribution in [0.4, 0.5) is 0 Å². The largest absolute Gasteiger partial charge is 0.272 e. The van der Waals surface area contributed by atoms with E-state index in [9.17, 15) is 0 Å². The van der Waals surface area contributed by atoms with Gasteiger partial charge in [0.1, 0.15) is 0 Å². The van der Waals surface area contributed by atoms with Gasteiger partial charge in [-0.15, -0.1) is 0 Å². The summed E-state index contributed by atoms with van der Waals surface area (Å²) in [6.45, 7) is 0. The Hall–Kier alpha value is -2.74. The molecule has 0 radical (unpaired) electrons. The molecule has 1 aliphatic heterocycles. The van der Waals surface area contributed by atoms with E-state index in [1.165, 1.54) is 21.5 Å². The van der Waals surface area contributed by atoms with Gasteiger partial charge in [-0.05, 0) is 10.8 Å². The smallest absolute Gasteiger partial charge is 0.0950 e. The average Bonchev–Trinajstić information content (AvgIpc) is 2.61. The highest BCUT2D eigenvalue weighted by atomic mass is 14.9. The molecule has 0 aromatic heterocycles. The lowest BCUT2D eigenvalue weighted by Crippen LogP contribution is -2.39. The summed E-state index contributed by atoms with van der Waals surface area (Å²) >= 11 is 0. The van der Waals surface area contributed by atoms with Gasteiger partial charge in [0.15, 0.2) is 0 Å². The van der Waals surface area contributed by atoms with Gasteiger partial charge in [-0.25, -0.2) is 0 Å². The first-order valence-electron chi connectivity index (χ1n) is 7.62. The van der Waals surface area contributed by atoms with Gasteiger partial charge >= 0.3 is 0 Å². The molecule has 0 amide bonds. The first kappa shape index (κ1) is 11.9. The van der Waals surface area contributed by atoms with Crippen LogP contribution in [0, 0.1) is 0 Å². The van der Waals surface area contributed by atoms with Crippen LogP contribution in [-0.2, 0) is 0 Å². The molecule has 3 aromatic carbocycles. The first-order valence-corrected chi connectivity index (χ1v) is 7.62. The molecule has 2 aliphatic rings. The number of hydrogen-bond acceptors (Lipinski definition) is 2. The van der Waals surface area contributed by atoms with Crippen molar-refractivity contribution in [3.63, 3.8) is 0 Å². The van der Waals surface area contributed by atoms with Crippen LogP contribution in [0.25, 0.3) is 21.5 Å². The van der Waals surface area contributed by atoms with Crippen LogP contribution in [0.15, 0.2) is 82.8 Å². The number of rotatable bonds is 0. The molecule has 0 saturated carbocycles. The van der Waals surface area contributed by atoms with Crippen molar-refractivity contribution >= 4 is 21.5 Å². The molecule has 2 nitrogen and oxygen atoms in total. The zero-order chi connectivity index (χ0) is 14.5. The predicted molar refractivity (Wildman–Crippen MR) is 89.6 cm³/mol. The van der Waals surface area contributed by atoms with Crippen LogP contribution < -0.4 is 10.7 Å². The molecule has 0 saturated heterocycles. The molecule has 22 heavy (non-hydrogen) atoms. The van der Waals surface area contributed by atoms with Gasteiger partial charge in [0, 0.05) is 10.8 Å². The van der Waals surface area contributed by atoms with E-state index in [0.717, 1.165) is 10.7 Å². The zero-order valence-corrected chi connectivity index (χ0v) is 12.0. The van der Waals surface area contributed by atoms with Gasteiger partial charge in [-0.1, -0.05) is 72.8 Å². The third-order valence-corrected chi connectivity index (χ3v) is 4.51. The third-order valence-electron chi connectivity index (χ3n) is 4.51. The van der Waals surface area contributed by atoms with Crippen LogP contribution in [0.2, 0.25) is 0 Å². The molecule has 0 fully saturated rings. The van der Waals surface area contributed by atoms with E-state index in [0.29, 0.717) is 0 Å². The van der Waals surface area contributed by atoms with Crippen molar-refractivity contribution < 1.29 is 0 Å². The number of hydrogen-bond donors (Lipinski definition) is 0. The van der Waals surface area contributed by atoms with Crippen molar-refractivity contribution in [1.29, 1.82) is 0 Å². The molecule has 0 spiro atoms. The van der Waals surface area contributed by atoms with E-state index < -0.39 is 0 Å². The Morgan fingerprint density at radius 2 is 0.955 bits per heavy atom. The summed E-state index contributed by atoms with van der Waals surface area (Å²) in [5.41, 5.74) is 0. The molecule has 1 heterocycles. The molecule has 2 unspecified atom stereocenters. The van der Waals surface area contributed by atoms with Crippen LogP contribution in [-0.4, -0.2) is 12.1 Å². The lowest BCUT2D eigenvalue weighted by Gasteiger charge is -2.21. The van der Waals surface area contributed by atoms with Crippen LogP contribution in [0.1, 0.15) is 0 Å². The van der Waals surface area contributed by atoms with Crippen LogP contribution in [0.5, 0.6) is 0 Å². The van der Waals surface area contributed by atoms with Crippen molar-refractivity contribution in [2.45, 2.75) is 12.1 Å². The SMILES string of the molecule is C1=CC2N=c3c(c4ccccc4c4ccccc34)=NC2C=C1. The van der Waals surface area contributed by atoms with Crippen molar-refractivity contribution in [3.05, 3.63) is 83.5 Å². The lowest BCUT2D eigenvalue weighted by molar-refractivity contribution is 0.650. The van der Waals surface area contributed by atoms with E-state index in [2.05, 4.69) is 72.8 Å². The first-order chi connectivity index (χ1) is 10.9. The summed E-state index contributed by atoms with van der Waals surface area (Å²) in [7, 11) is 0. The van der Waals surface area contributed by atoms with Gasteiger partial charge < -0.3 is 0 Å². The topological polar surface area (TPSA) is 24.7 Å². The van der Waals surface area contributed by atoms with Crippen molar-refractivity contribution in [2.75, 3.05) is 0 Å². The van der Waals surface area contributed by atoms with Gasteiger partial charge in [0.05, 0.1) is 22.8 Å². The number of fused-ring (bicyclic) bond motifs is 7. The highest BCUT2D eigenvalue weighted by Crippen LogP contribution is 2.22. The highest BCUT2D eigenvalue weighted by Gasteiger charge is 2.21. The quantitative estimate of drug-likeness (QED) is 0.566. The van der Waals surface area contributed by atoms with E-state index in [-0.39, 0.29) is 12.1 Å². The lowest BCUT2D eigenvalue weighted by atomic mass is 9.97. The van der Waals surface area contributed by atoms with Crippen LogP contribution >= 0.6 is 0 Å². The molecular formula is C20H14N2. The molecule has 3 aromatic rings. The van der Waals surface area contributed by atoms with Crippen LogP contribution in [0.3, 0.4) is 0 Å². The maximum Gasteiger partial charge on any atom is 0.0950 e. The average molecular weight is 282 g/mol. The predicted octanol–water partition coefficient (Wildman–Crippen LogP) is 3.11. The molecule has 104 valence electrons. The second-order valence-corrected chi connectivity index (χ2v) is 5.80. The van der Waals surface area contributed by atoms with E-state index in [4.69, 9.17) is 9.98 Å². The van der Waals surface area contributed by atoms with Gasteiger partial charge in [0.2, 0.25) is 0 Å². The van der Waals surface area contributed by atoms with Gasteiger partial charge in [0.25, 0.3) is 0 Å². The summed E-state index contributed by atoms with van der Waals surface area (Å²) in [4.78, 5) is 10.0. The maximum absolute atomic E-state index is 5.01. The summed E-state index contributed by atoms with van der Waals surface area (Å²) in [6, 6.07) is 17.3. The Labute approximate surface area is 127 Å². The standard InChI is InChI=1S/C20H14N2/c1-3-9-15-13(7-1)14-8-2-4-10-16(14)20-19(15)21-17-11-5-6-12-18(17)22-20/h1-12,17-18H. The second-order valence-electron chi connectivity index (χ2n) is 5.80. The summed E-state index contributed by atoms with van der Waals surface area (Å²) in [6.07, 6.45) is 8.41. The Morgan fingerprint density at radius 1 is 0.545 bits per heavy atom. The molecule has 2 heteroatoms. The summed E-state index contributed by atoms with van der Waals surface area (Å²) < 4.78 is 0. The second kappa shape index (κ2) is 4.38. The Kier molecular flexibility index (Phi) is 2.36. The monoisotopic (exact) mass is 282 g/mol. The van der Waals surface area contributed by atoms with Crippen molar-refractivity contribution in [1.82, 2.24) is 0 Å². The minimum absolute atomic E-state index is 0.127. The number of allylic oxidation sites excluding steroid dienone is 2. The third kappa shape index (κ3) is 1.55. The fourth-order valence-corrected chi connectivity index (χ4v) is 3.49. The molecule has 1 aliphatic carbocycles. The normalized spacial score (nSPS) is 22.0. The number of nitrogens with zero attached hydrogens (tertiary/aromatic N) is 2. The van der Waals surface area contributed by atoms with E-state index >= 15 is 0 Å². The maximum atomic E-state index is 5.01. The minimum atomic E-state index is 0.127. The molecule has 0 N–H and O–H groups in total. The van der Waals surface area contributed by atoms with E-state index in [1.807, 2.05) is 0 Å². The Balaban J connectivity index is 2.07. The van der Waals surface area contributed by atoms with Crippen molar-refractivity contribution in [3.8, 4) is 0 Å². The zero-order valence-electron chi connectivity index (χ0n) is 12.0. The summed E-state index contributed by atoms with van der Waals surface area (Å²) in [5, 5.41) is 6.97. The molecular weight excluding hydrogens is 268 g/mol. The molecule has 2 atom stereocenters. The molecule has 0 bridgehead atoms. The van der Waals surface area contributed by atoms with Gasteiger partial charge in [-0.3, -0.25) is 9.98 Å². The molecule has 5 rings (SSSR count). The van der Waals surface area contributed by atoms with Gasteiger partial charge in [-0.2, -0.15) is 0 Å². The highest BCUT2D eigenvalue weighted by molar-refractivity contribution is 6.07.